The molecule has 1 fully saturated rings. The van der Waals surface area contributed by atoms with Crippen LogP contribution in [-0.2, 0) is 20.9 Å². The zero-order valence-corrected chi connectivity index (χ0v) is 21.5. The zero-order chi connectivity index (χ0) is 26.1. The third-order valence-corrected chi connectivity index (χ3v) is 7.17. The summed E-state index contributed by atoms with van der Waals surface area (Å²) in [5.41, 5.74) is 6.85. The molecule has 0 bridgehead atoms. The summed E-state index contributed by atoms with van der Waals surface area (Å²) in [6.07, 6.45) is 3.82. The predicted octanol–water partition coefficient (Wildman–Crippen LogP) is 1.27. The number of nitrogens with zero attached hydrogens (tertiary/aromatic N) is 2. The lowest BCUT2D eigenvalue weighted by Gasteiger charge is -2.32. The molecule has 9 nitrogen and oxygen atoms in total. The number of nitrogens with one attached hydrogen (secondary N) is 1. The molecule has 0 aliphatic carbocycles. The van der Waals surface area contributed by atoms with Gasteiger partial charge in [0.15, 0.2) is 0 Å². The molecule has 3 atom stereocenters. The number of aliphatic carboxylic acids is 1. The van der Waals surface area contributed by atoms with Gasteiger partial charge in [0.25, 0.3) is 0 Å². The highest BCUT2D eigenvalue weighted by Crippen LogP contribution is 2.23. The van der Waals surface area contributed by atoms with Crippen molar-refractivity contribution in [2.24, 2.45) is 5.73 Å². The average Bonchev–Trinajstić information content (AvgIpc) is 3.33. The highest BCUT2D eigenvalue weighted by Gasteiger charge is 2.33. The highest BCUT2D eigenvalue weighted by atomic mass is 32.2. The molecule has 5 N–H and O–H groups in total. The number of carbonyl (C=O) groups excluding carboxylic acids is 2. The van der Waals surface area contributed by atoms with Gasteiger partial charge in [-0.05, 0) is 47.6 Å². The highest BCUT2D eigenvalue weighted by molar-refractivity contribution is 7.98. The summed E-state index contributed by atoms with van der Waals surface area (Å²) < 4.78 is 0. The predicted molar refractivity (Wildman–Crippen MR) is 142 cm³/mol. The van der Waals surface area contributed by atoms with E-state index in [-0.39, 0.29) is 24.4 Å². The number of carboxylic acids is 1. The summed E-state index contributed by atoms with van der Waals surface area (Å²) in [6.45, 7) is 1.03. The van der Waals surface area contributed by atoms with Crippen LogP contribution in [0.3, 0.4) is 0 Å². The van der Waals surface area contributed by atoms with Crippen molar-refractivity contribution in [2.45, 2.75) is 43.9 Å². The molecular weight excluding hydrogens is 480 g/mol. The van der Waals surface area contributed by atoms with Gasteiger partial charge >= 0.3 is 5.97 Å². The first kappa shape index (κ1) is 27.9. The Bertz CT molecular complexity index is 1050. The first-order valence-electron chi connectivity index (χ1n) is 12.2. The standard InChI is InChI=1S/C26H36N4O5S/c1-36-13-11-23(26(34)35)28-24(32)16-29(14-19-8-4-7-18-6-2-3-10-21(18)19)15-20-9-5-12-30(20)25(33)22(27)17-31/h2-4,6-8,10,20,22-23,31H,5,9,11-17,27H2,1H3,(H,28,32)(H,34,35)/t20-,22-,23?/m0/s1. The van der Waals surface area contributed by atoms with Crippen LogP contribution in [0.5, 0.6) is 0 Å². The van der Waals surface area contributed by atoms with Gasteiger partial charge in [0.05, 0.1) is 13.2 Å². The second-order valence-electron chi connectivity index (χ2n) is 9.16. The molecule has 3 rings (SSSR count). The normalized spacial score (nSPS) is 17.3. The van der Waals surface area contributed by atoms with Gasteiger partial charge in [-0.15, -0.1) is 0 Å². The summed E-state index contributed by atoms with van der Waals surface area (Å²) in [5.74, 6) is -1.09. The Morgan fingerprint density at radius 2 is 1.97 bits per heavy atom. The van der Waals surface area contributed by atoms with Crippen molar-refractivity contribution < 1.29 is 24.6 Å². The number of benzene rings is 2. The number of hydrogen-bond donors (Lipinski definition) is 4. The number of thioether (sulfide) groups is 1. The molecule has 0 aromatic heterocycles. The fraction of sp³-hybridized carbons (Fsp3) is 0.500. The Morgan fingerprint density at radius 1 is 1.22 bits per heavy atom. The maximum atomic E-state index is 13.0. The van der Waals surface area contributed by atoms with Gasteiger partial charge in [-0.1, -0.05) is 42.5 Å². The van der Waals surface area contributed by atoms with Crippen molar-refractivity contribution >= 4 is 40.3 Å². The van der Waals surface area contributed by atoms with Crippen LogP contribution >= 0.6 is 11.8 Å². The third-order valence-electron chi connectivity index (χ3n) is 6.53. The van der Waals surface area contributed by atoms with Crippen LogP contribution < -0.4 is 11.1 Å². The van der Waals surface area contributed by atoms with E-state index in [0.29, 0.717) is 31.8 Å². The fourth-order valence-corrected chi connectivity index (χ4v) is 5.17. The molecule has 2 aromatic rings. The second kappa shape index (κ2) is 13.6. The number of aliphatic hydroxyl groups excluding tert-OH is 1. The number of carbonyl (C=O) groups is 3. The second-order valence-corrected chi connectivity index (χ2v) is 10.2. The molecule has 0 radical (unpaired) electrons. The van der Waals surface area contributed by atoms with Crippen LogP contribution in [0.2, 0.25) is 0 Å². The molecular formula is C26H36N4O5S. The first-order valence-corrected chi connectivity index (χ1v) is 13.6. The summed E-state index contributed by atoms with van der Waals surface area (Å²) >= 11 is 1.53. The number of likely N-dealkylation sites (tertiary alicyclic amines) is 1. The van der Waals surface area contributed by atoms with E-state index in [9.17, 15) is 24.6 Å². The molecule has 1 aliphatic heterocycles. The smallest absolute Gasteiger partial charge is 0.326 e. The number of carboxylic acid groups (broad SMARTS) is 1. The van der Waals surface area contributed by atoms with E-state index < -0.39 is 24.7 Å². The fourth-order valence-electron chi connectivity index (χ4n) is 4.70. The van der Waals surface area contributed by atoms with Crippen molar-refractivity contribution in [3.8, 4) is 0 Å². The quantitative estimate of drug-likeness (QED) is 0.313. The Labute approximate surface area is 216 Å². The van der Waals surface area contributed by atoms with Gasteiger partial charge < -0.3 is 26.2 Å². The largest absolute Gasteiger partial charge is 0.480 e. The van der Waals surface area contributed by atoms with Crippen molar-refractivity contribution in [1.82, 2.24) is 15.1 Å². The van der Waals surface area contributed by atoms with E-state index in [0.717, 1.165) is 29.2 Å². The van der Waals surface area contributed by atoms with Crippen LogP contribution in [0, 0.1) is 0 Å². The maximum absolute atomic E-state index is 13.0. The minimum Gasteiger partial charge on any atom is -0.480 e. The minimum atomic E-state index is -1.05. The summed E-state index contributed by atoms with van der Waals surface area (Å²) in [5, 5.41) is 23.7. The van der Waals surface area contributed by atoms with Crippen molar-refractivity contribution in [3.05, 3.63) is 48.0 Å². The van der Waals surface area contributed by atoms with Gasteiger partial charge in [-0.3, -0.25) is 14.5 Å². The van der Waals surface area contributed by atoms with E-state index in [1.54, 1.807) is 4.90 Å². The van der Waals surface area contributed by atoms with Gasteiger partial charge in [0.2, 0.25) is 11.8 Å². The van der Waals surface area contributed by atoms with Crippen LogP contribution in [0.15, 0.2) is 42.5 Å². The molecule has 10 heteroatoms. The van der Waals surface area contributed by atoms with E-state index in [4.69, 9.17) is 5.73 Å². The van der Waals surface area contributed by atoms with Crippen LogP contribution in [0.25, 0.3) is 10.8 Å². The molecule has 1 heterocycles. The van der Waals surface area contributed by atoms with Crippen LogP contribution in [0.4, 0.5) is 0 Å². The molecule has 1 saturated heterocycles. The van der Waals surface area contributed by atoms with Crippen molar-refractivity contribution in [1.29, 1.82) is 0 Å². The zero-order valence-electron chi connectivity index (χ0n) is 20.6. The number of aliphatic hydroxyl groups is 1. The van der Waals surface area contributed by atoms with Gasteiger partial charge in [-0.25, -0.2) is 4.79 Å². The summed E-state index contributed by atoms with van der Waals surface area (Å²) in [7, 11) is 0. The Kier molecular flexibility index (Phi) is 10.5. The van der Waals surface area contributed by atoms with E-state index in [1.165, 1.54) is 11.8 Å². The number of rotatable bonds is 13. The molecule has 1 aliphatic rings. The Balaban J connectivity index is 1.80. The maximum Gasteiger partial charge on any atom is 0.326 e. The van der Waals surface area contributed by atoms with Gasteiger partial charge in [0.1, 0.15) is 12.1 Å². The Hall–Kier alpha value is -2.66. The molecule has 1 unspecified atom stereocenters. The monoisotopic (exact) mass is 516 g/mol. The number of hydrogen-bond acceptors (Lipinski definition) is 7. The number of nitrogens with two attached hydrogens (primary N) is 1. The molecule has 0 saturated carbocycles. The minimum absolute atomic E-state index is 0.00312. The molecule has 0 spiro atoms. The number of fused-ring (bicyclic) bond motifs is 1. The SMILES string of the molecule is CSCCC(NC(=O)CN(Cc1cccc2ccccc12)C[C@@H]1CCCN1C(=O)[C@@H](N)CO)C(=O)O. The first-order chi connectivity index (χ1) is 17.3. The molecule has 2 aromatic carbocycles. The Morgan fingerprint density at radius 3 is 2.69 bits per heavy atom. The molecule has 36 heavy (non-hydrogen) atoms. The lowest BCUT2D eigenvalue weighted by molar-refractivity contribution is -0.142. The lowest BCUT2D eigenvalue weighted by atomic mass is 10.0. The van der Waals surface area contributed by atoms with Crippen molar-refractivity contribution in [2.75, 3.05) is 38.2 Å². The van der Waals surface area contributed by atoms with Crippen LogP contribution in [-0.4, -0.2) is 94.2 Å². The average molecular weight is 517 g/mol. The van der Waals surface area contributed by atoms with E-state index in [1.807, 2.05) is 53.6 Å². The summed E-state index contributed by atoms with van der Waals surface area (Å²) in [6, 6.07) is 12.0. The van der Waals surface area contributed by atoms with Gasteiger partial charge in [-0.2, -0.15) is 11.8 Å². The van der Waals surface area contributed by atoms with Gasteiger partial charge in [0, 0.05) is 25.7 Å². The van der Waals surface area contributed by atoms with E-state index in [2.05, 4.69) is 5.32 Å². The topological polar surface area (TPSA) is 136 Å². The van der Waals surface area contributed by atoms with Crippen molar-refractivity contribution in [3.63, 3.8) is 0 Å². The lowest BCUT2D eigenvalue weighted by Crippen LogP contribution is -2.52. The molecule has 196 valence electrons. The third kappa shape index (κ3) is 7.42. The van der Waals surface area contributed by atoms with E-state index >= 15 is 0 Å². The number of amides is 2. The molecule has 2 amide bonds. The summed E-state index contributed by atoms with van der Waals surface area (Å²) in [4.78, 5) is 41.0. The van der Waals surface area contributed by atoms with Crippen LogP contribution in [0.1, 0.15) is 24.8 Å².